The zero-order valence-corrected chi connectivity index (χ0v) is 11.2. The maximum absolute atomic E-state index is 8.36. The summed E-state index contributed by atoms with van der Waals surface area (Å²) < 4.78 is 15.0. The Kier molecular flexibility index (Phi) is 23.8. The van der Waals surface area contributed by atoms with Crippen LogP contribution in [0.5, 0.6) is 0 Å². The average molecular weight is 252 g/mol. The predicted octanol–water partition coefficient (Wildman–Crippen LogP) is 0.827. The smallest absolute Gasteiger partial charge is 0.0701 e. The largest absolute Gasteiger partial charge is 0.394 e. The first kappa shape index (κ1) is 19.1. The highest BCUT2D eigenvalue weighted by molar-refractivity contribution is 4.33. The molecular weight excluding hydrogens is 224 g/mol. The van der Waals surface area contributed by atoms with Crippen LogP contribution < -0.4 is 0 Å². The molecule has 0 aromatic carbocycles. The minimum Gasteiger partial charge on any atom is -0.394 e. The highest BCUT2D eigenvalue weighted by Crippen LogP contribution is 1.80. The Balaban J connectivity index is 0. The first-order valence-corrected chi connectivity index (χ1v) is 6.28. The van der Waals surface area contributed by atoms with Crippen LogP contribution in [0.1, 0.15) is 26.7 Å². The van der Waals surface area contributed by atoms with Gasteiger partial charge >= 0.3 is 0 Å². The SMILES string of the molecule is CCCC.OCCOCCOCCOCCO. The highest BCUT2D eigenvalue weighted by atomic mass is 16.5. The van der Waals surface area contributed by atoms with E-state index in [4.69, 9.17) is 24.4 Å². The Morgan fingerprint density at radius 1 is 0.588 bits per heavy atom. The molecule has 0 amide bonds. The Morgan fingerprint density at radius 3 is 1.12 bits per heavy atom. The summed E-state index contributed by atoms with van der Waals surface area (Å²) in [5, 5.41) is 16.7. The molecule has 0 fully saturated rings. The molecular formula is C12H28O5. The van der Waals surface area contributed by atoms with Crippen LogP contribution >= 0.6 is 0 Å². The van der Waals surface area contributed by atoms with Gasteiger partial charge in [0, 0.05) is 0 Å². The van der Waals surface area contributed by atoms with Gasteiger partial charge in [0.1, 0.15) is 0 Å². The van der Waals surface area contributed by atoms with Gasteiger partial charge in [-0.2, -0.15) is 0 Å². The third-order valence-electron chi connectivity index (χ3n) is 1.72. The molecule has 0 unspecified atom stereocenters. The normalized spacial score (nSPS) is 9.88. The molecule has 0 aromatic rings. The summed E-state index contributed by atoms with van der Waals surface area (Å²) in [5.74, 6) is 0. The summed E-state index contributed by atoms with van der Waals surface area (Å²) >= 11 is 0. The zero-order valence-electron chi connectivity index (χ0n) is 11.2. The topological polar surface area (TPSA) is 68.2 Å². The Labute approximate surface area is 105 Å². The summed E-state index contributed by atoms with van der Waals surface area (Å²) in [6.07, 6.45) is 2.64. The van der Waals surface area contributed by atoms with Crippen LogP contribution in [0.15, 0.2) is 0 Å². The molecule has 17 heavy (non-hydrogen) atoms. The van der Waals surface area contributed by atoms with Crippen LogP contribution in [0.3, 0.4) is 0 Å². The summed E-state index contributed by atoms with van der Waals surface area (Å²) in [7, 11) is 0. The van der Waals surface area contributed by atoms with Crippen molar-refractivity contribution in [2.75, 3.05) is 52.9 Å². The molecule has 5 heteroatoms. The van der Waals surface area contributed by atoms with Gasteiger partial charge in [-0.1, -0.05) is 26.7 Å². The second-order valence-electron chi connectivity index (χ2n) is 3.28. The van der Waals surface area contributed by atoms with Crippen molar-refractivity contribution in [1.82, 2.24) is 0 Å². The minimum atomic E-state index is 0.0413. The van der Waals surface area contributed by atoms with Gasteiger partial charge < -0.3 is 24.4 Å². The molecule has 0 aliphatic carbocycles. The quantitative estimate of drug-likeness (QED) is 0.533. The van der Waals surface area contributed by atoms with Crippen LogP contribution in [-0.4, -0.2) is 63.1 Å². The molecule has 0 rings (SSSR count). The van der Waals surface area contributed by atoms with Crippen LogP contribution in [-0.2, 0) is 14.2 Å². The van der Waals surface area contributed by atoms with Crippen molar-refractivity contribution in [2.24, 2.45) is 0 Å². The number of ether oxygens (including phenoxy) is 3. The lowest BCUT2D eigenvalue weighted by atomic mass is 10.4. The van der Waals surface area contributed by atoms with Crippen molar-refractivity contribution in [3.8, 4) is 0 Å². The van der Waals surface area contributed by atoms with E-state index >= 15 is 0 Å². The molecule has 0 aromatic heterocycles. The second-order valence-corrected chi connectivity index (χ2v) is 3.28. The third kappa shape index (κ3) is 25.8. The van der Waals surface area contributed by atoms with Gasteiger partial charge in [-0.15, -0.1) is 0 Å². The molecule has 0 heterocycles. The second kappa shape index (κ2) is 21.1. The molecule has 0 bridgehead atoms. The van der Waals surface area contributed by atoms with Crippen molar-refractivity contribution >= 4 is 0 Å². The van der Waals surface area contributed by atoms with E-state index < -0.39 is 0 Å². The maximum Gasteiger partial charge on any atom is 0.0701 e. The van der Waals surface area contributed by atoms with E-state index in [0.717, 1.165) is 0 Å². The van der Waals surface area contributed by atoms with Crippen LogP contribution in [0, 0.1) is 0 Å². The van der Waals surface area contributed by atoms with Gasteiger partial charge in [-0.3, -0.25) is 0 Å². The standard InChI is InChI=1S/C8H18O5.C4H10/c9-1-3-11-5-7-13-8-6-12-4-2-10;1-3-4-2/h9-10H,1-8H2;3-4H2,1-2H3. The summed E-state index contributed by atoms with van der Waals surface area (Å²) in [6, 6.07) is 0. The van der Waals surface area contributed by atoms with E-state index in [9.17, 15) is 0 Å². The maximum atomic E-state index is 8.36. The lowest BCUT2D eigenvalue weighted by Gasteiger charge is -2.04. The molecule has 2 N–H and O–H groups in total. The number of aliphatic hydroxyl groups is 2. The van der Waals surface area contributed by atoms with E-state index in [-0.39, 0.29) is 13.2 Å². The lowest BCUT2D eigenvalue weighted by molar-refractivity contribution is 0.00230. The molecule has 0 aliphatic rings. The van der Waals surface area contributed by atoms with Gasteiger partial charge in [0.2, 0.25) is 0 Å². The number of rotatable bonds is 11. The summed E-state index contributed by atoms with van der Waals surface area (Å²) in [6.45, 7) is 7.13. The summed E-state index contributed by atoms with van der Waals surface area (Å²) in [5.41, 5.74) is 0. The number of aliphatic hydroxyl groups excluding tert-OH is 2. The fraction of sp³-hybridized carbons (Fsp3) is 1.00. The molecule has 0 saturated carbocycles. The third-order valence-corrected chi connectivity index (χ3v) is 1.72. The van der Waals surface area contributed by atoms with Crippen LogP contribution in [0.2, 0.25) is 0 Å². The van der Waals surface area contributed by atoms with Crippen molar-refractivity contribution in [3.05, 3.63) is 0 Å². The van der Waals surface area contributed by atoms with Crippen molar-refractivity contribution in [3.63, 3.8) is 0 Å². The van der Waals surface area contributed by atoms with Gasteiger partial charge in [0.05, 0.1) is 52.9 Å². The number of hydrogen-bond acceptors (Lipinski definition) is 5. The van der Waals surface area contributed by atoms with Crippen LogP contribution in [0.25, 0.3) is 0 Å². The molecule has 0 aliphatic heterocycles. The monoisotopic (exact) mass is 252 g/mol. The molecule has 0 radical (unpaired) electrons. The predicted molar refractivity (Wildman–Crippen MR) is 67.2 cm³/mol. The van der Waals surface area contributed by atoms with Gasteiger partial charge in [-0.25, -0.2) is 0 Å². The van der Waals surface area contributed by atoms with E-state index in [1.54, 1.807) is 0 Å². The molecule has 0 saturated heterocycles. The zero-order chi connectivity index (χ0) is 13.2. The van der Waals surface area contributed by atoms with Crippen molar-refractivity contribution in [2.45, 2.75) is 26.7 Å². The first-order chi connectivity index (χ1) is 8.33. The molecule has 106 valence electrons. The number of hydrogen-bond donors (Lipinski definition) is 2. The Morgan fingerprint density at radius 2 is 0.882 bits per heavy atom. The van der Waals surface area contributed by atoms with Crippen molar-refractivity contribution < 1.29 is 24.4 Å². The van der Waals surface area contributed by atoms with Gasteiger partial charge in [-0.05, 0) is 0 Å². The molecule has 5 nitrogen and oxygen atoms in total. The minimum absolute atomic E-state index is 0.0413. The number of unbranched alkanes of at least 4 members (excludes halogenated alkanes) is 1. The molecule has 0 spiro atoms. The fourth-order valence-corrected chi connectivity index (χ4v) is 0.671. The van der Waals surface area contributed by atoms with Gasteiger partial charge in [0.25, 0.3) is 0 Å². The van der Waals surface area contributed by atoms with E-state index in [1.807, 2.05) is 0 Å². The van der Waals surface area contributed by atoms with Crippen molar-refractivity contribution in [1.29, 1.82) is 0 Å². The van der Waals surface area contributed by atoms with Gasteiger partial charge in [0.15, 0.2) is 0 Å². The molecule has 0 atom stereocenters. The summed E-state index contributed by atoms with van der Waals surface area (Å²) in [4.78, 5) is 0. The lowest BCUT2D eigenvalue weighted by Crippen LogP contribution is -2.11. The Hall–Kier alpha value is -0.200. The van der Waals surface area contributed by atoms with E-state index in [2.05, 4.69) is 13.8 Å². The Bertz CT molecular complexity index is 99.1. The average Bonchev–Trinajstić information content (AvgIpc) is 2.37. The first-order valence-electron chi connectivity index (χ1n) is 6.28. The highest BCUT2D eigenvalue weighted by Gasteiger charge is 1.89. The fourth-order valence-electron chi connectivity index (χ4n) is 0.671. The van der Waals surface area contributed by atoms with E-state index in [1.165, 1.54) is 12.8 Å². The van der Waals surface area contributed by atoms with Crippen LogP contribution in [0.4, 0.5) is 0 Å². The van der Waals surface area contributed by atoms with E-state index in [0.29, 0.717) is 39.6 Å².